The largest absolute Gasteiger partial charge is 0.256 e. The van der Waals surface area contributed by atoms with E-state index in [1.165, 1.54) is 6.07 Å². The van der Waals surface area contributed by atoms with E-state index in [2.05, 4.69) is 20.9 Å². The summed E-state index contributed by atoms with van der Waals surface area (Å²) in [5.74, 6) is -0.260. The number of hydrogen-bond donors (Lipinski definition) is 0. The van der Waals surface area contributed by atoms with Crippen LogP contribution in [0, 0.1) is 5.82 Å². The van der Waals surface area contributed by atoms with Crippen LogP contribution < -0.4 is 0 Å². The van der Waals surface area contributed by atoms with Gasteiger partial charge in [0.15, 0.2) is 0 Å². The molecule has 0 aliphatic carbocycles. The SMILES string of the molecule is Fc1ccc(-c2ccccn2)cc1Br. The summed E-state index contributed by atoms with van der Waals surface area (Å²) >= 11 is 3.14. The second-order valence-electron chi connectivity index (χ2n) is 2.84. The normalized spacial score (nSPS) is 10.1. The first-order chi connectivity index (χ1) is 6.77. The molecule has 0 saturated heterocycles. The summed E-state index contributed by atoms with van der Waals surface area (Å²) in [7, 11) is 0. The molecule has 1 nitrogen and oxygen atoms in total. The molecule has 0 saturated carbocycles. The molecule has 1 aromatic heterocycles. The molecule has 0 bridgehead atoms. The Hall–Kier alpha value is -1.22. The average Bonchev–Trinajstić information content (AvgIpc) is 2.23. The summed E-state index contributed by atoms with van der Waals surface area (Å²) < 4.78 is 13.4. The van der Waals surface area contributed by atoms with Crippen molar-refractivity contribution in [1.82, 2.24) is 4.98 Å². The van der Waals surface area contributed by atoms with E-state index >= 15 is 0 Å². The minimum absolute atomic E-state index is 0.260. The summed E-state index contributed by atoms with van der Waals surface area (Å²) in [6.07, 6.45) is 1.71. The molecule has 1 aromatic carbocycles. The average molecular weight is 252 g/mol. The van der Waals surface area contributed by atoms with Gasteiger partial charge in [-0.3, -0.25) is 4.98 Å². The molecule has 0 atom stereocenters. The second-order valence-corrected chi connectivity index (χ2v) is 3.70. The lowest BCUT2D eigenvalue weighted by atomic mass is 10.1. The van der Waals surface area contributed by atoms with Gasteiger partial charge in [0.2, 0.25) is 0 Å². The molecule has 0 amide bonds. The maximum atomic E-state index is 12.9. The number of pyridine rings is 1. The van der Waals surface area contributed by atoms with Crippen molar-refractivity contribution in [3.8, 4) is 11.3 Å². The highest BCUT2D eigenvalue weighted by Gasteiger charge is 2.02. The Morgan fingerprint density at radius 2 is 2.00 bits per heavy atom. The molecule has 0 spiro atoms. The third-order valence-corrected chi connectivity index (χ3v) is 2.49. The summed E-state index contributed by atoms with van der Waals surface area (Å²) in [4.78, 5) is 4.18. The van der Waals surface area contributed by atoms with Crippen molar-refractivity contribution in [2.75, 3.05) is 0 Å². The van der Waals surface area contributed by atoms with Crippen LogP contribution in [0.1, 0.15) is 0 Å². The number of nitrogens with zero attached hydrogens (tertiary/aromatic N) is 1. The molecule has 2 aromatic rings. The van der Waals surface area contributed by atoms with Crippen LogP contribution in [0.25, 0.3) is 11.3 Å². The first-order valence-corrected chi connectivity index (χ1v) is 4.93. The lowest BCUT2D eigenvalue weighted by molar-refractivity contribution is 0.621. The molecule has 0 N–H and O–H groups in total. The Labute approximate surface area is 89.7 Å². The lowest BCUT2D eigenvalue weighted by Gasteiger charge is -2.01. The van der Waals surface area contributed by atoms with E-state index < -0.39 is 0 Å². The molecule has 2 rings (SSSR count). The molecule has 0 unspecified atom stereocenters. The summed E-state index contributed by atoms with van der Waals surface area (Å²) in [5.41, 5.74) is 1.74. The molecule has 14 heavy (non-hydrogen) atoms. The van der Waals surface area contributed by atoms with Gasteiger partial charge in [0.05, 0.1) is 10.2 Å². The first-order valence-electron chi connectivity index (χ1n) is 4.14. The Bertz CT molecular complexity index is 442. The highest BCUT2D eigenvalue weighted by molar-refractivity contribution is 9.10. The van der Waals surface area contributed by atoms with Gasteiger partial charge in [-0.05, 0) is 46.3 Å². The van der Waals surface area contributed by atoms with Crippen molar-refractivity contribution in [3.05, 3.63) is 52.9 Å². The van der Waals surface area contributed by atoms with Crippen LogP contribution in [0.4, 0.5) is 4.39 Å². The van der Waals surface area contributed by atoms with Crippen LogP contribution in [-0.2, 0) is 0 Å². The molecule has 0 radical (unpaired) electrons. The van der Waals surface area contributed by atoms with E-state index in [1.807, 2.05) is 18.2 Å². The third kappa shape index (κ3) is 1.82. The zero-order chi connectivity index (χ0) is 9.97. The van der Waals surface area contributed by atoms with Crippen molar-refractivity contribution >= 4 is 15.9 Å². The molecule has 0 aliphatic rings. The van der Waals surface area contributed by atoms with Crippen molar-refractivity contribution in [3.63, 3.8) is 0 Å². The fourth-order valence-electron chi connectivity index (χ4n) is 1.19. The number of benzene rings is 1. The van der Waals surface area contributed by atoms with E-state index in [1.54, 1.807) is 18.3 Å². The quantitative estimate of drug-likeness (QED) is 0.754. The number of halogens is 2. The van der Waals surface area contributed by atoms with E-state index in [9.17, 15) is 4.39 Å². The molecule has 0 fully saturated rings. The molecular weight excluding hydrogens is 245 g/mol. The summed E-state index contributed by atoms with van der Waals surface area (Å²) in [6, 6.07) is 10.5. The zero-order valence-electron chi connectivity index (χ0n) is 7.24. The third-order valence-electron chi connectivity index (χ3n) is 1.88. The molecular formula is C11H7BrFN. The van der Waals surface area contributed by atoms with Crippen LogP contribution in [0.2, 0.25) is 0 Å². The Morgan fingerprint density at radius 1 is 1.14 bits per heavy atom. The van der Waals surface area contributed by atoms with Crippen molar-refractivity contribution in [2.45, 2.75) is 0 Å². The van der Waals surface area contributed by atoms with Crippen LogP contribution >= 0.6 is 15.9 Å². The van der Waals surface area contributed by atoms with Gasteiger partial charge in [-0.15, -0.1) is 0 Å². The van der Waals surface area contributed by atoms with Crippen LogP contribution in [0.15, 0.2) is 47.1 Å². The van der Waals surface area contributed by atoms with Crippen LogP contribution in [0.3, 0.4) is 0 Å². The first kappa shape index (κ1) is 9.34. The standard InChI is InChI=1S/C11H7BrFN/c12-9-7-8(4-5-10(9)13)11-3-1-2-6-14-11/h1-7H. The van der Waals surface area contributed by atoms with Gasteiger partial charge in [-0.1, -0.05) is 6.07 Å². The maximum Gasteiger partial charge on any atom is 0.137 e. The summed E-state index contributed by atoms with van der Waals surface area (Å²) in [5, 5.41) is 0. The van der Waals surface area contributed by atoms with Crippen LogP contribution in [-0.4, -0.2) is 4.98 Å². The molecule has 1 heterocycles. The Kier molecular flexibility index (Phi) is 2.59. The number of rotatable bonds is 1. The van der Waals surface area contributed by atoms with Crippen molar-refractivity contribution in [2.24, 2.45) is 0 Å². The second kappa shape index (κ2) is 3.88. The smallest absolute Gasteiger partial charge is 0.137 e. The van der Waals surface area contributed by atoms with Gasteiger partial charge in [-0.25, -0.2) is 4.39 Å². The van der Waals surface area contributed by atoms with Crippen molar-refractivity contribution in [1.29, 1.82) is 0 Å². The zero-order valence-corrected chi connectivity index (χ0v) is 8.83. The molecule has 70 valence electrons. The minimum Gasteiger partial charge on any atom is -0.256 e. The van der Waals surface area contributed by atoms with Gasteiger partial charge in [-0.2, -0.15) is 0 Å². The predicted octanol–water partition coefficient (Wildman–Crippen LogP) is 3.65. The maximum absolute atomic E-state index is 12.9. The fraction of sp³-hybridized carbons (Fsp3) is 0. The molecule has 0 aliphatic heterocycles. The van der Waals surface area contributed by atoms with Crippen LogP contribution in [0.5, 0.6) is 0 Å². The Balaban J connectivity index is 2.48. The van der Waals surface area contributed by atoms with E-state index in [0.717, 1.165) is 11.3 Å². The van der Waals surface area contributed by atoms with E-state index in [0.29, 0.717) is 4.47 Å². The number of aromatic nitrogens is 1. The van der Waals surface area contributed by atoms with Gasteiger partial charge in [0.1, 0.15) is 5.82 Å². The monoisotopic (exact) mass is 251 g/mol. The van der Waals surface area contributed by atoms with Crippen molar-refractivity contribution < 1.29 is 4.39 Å². The highest BCUT2D eigenvalue weighted by atomic mass is 79.9. The Morgan fingerprint density at radius 3 is 2.64 bits per heavy atom. The fourth-order valence-corrected chi connectivity index (χ4v) is 1.57. The highest BCUT2D eigenvalue weighted by Crippen LogP contribution is 2.23. The lowest BCUT2D eigenvalue weighted by Crippen LogP contribution is -1.83. The van der Waals surface area contributed by atoms with Gasteiger partial charge in [0, 0.05) is 11.8 Å². The van der Waals surface area contributed by atoms with Gasteiger partial charge >= 0.3 is 0 Å². The van der Waals surface area contributed by atoms with E-state index in [-0.39, 0.29) is 5.82 Å². The van der Waals surface area contributed by atoms with Gasteiger partial charge < -0.3 is 0 Å². The summed E-state index contributed by atoms with van der Waals surface area (Å²) in [6.45, 7) is 0. The topological polar surface area (TPSA) is 12.9 Å². The minimum atomic E-state index is -0.260. The number of hydrogen-bond acceptors (Lipinski definition) is 1. The van der Waals surface area contributed by atoms with Gasteiger partial charge in [0.25, 0.3) is 0 Å². The predicted molar refractivity (Wildman–Crippen MR) is 57.3 cm³/mol. The molecule has 3 heteroatoms. The van der Waals surface area contributed by atoms with E-state index in [4.69, 9.17) is 0 Å².